The molecule has 1 aliphatic heterocycles. The number of aliphatic carboxylic acids is 1. The first kappa shape index (κ1) is 14.1. The van der Waals surface area contributed by atoms with E-state index in [1.165, 1.54) is 0 Å². The number of carbonyl (C=O) groups is 2. The molecule has 19 heavy (non-hydrogen) atoms. The van der Waals surface area contributed by atoms with E-state index in [-0.39, 0.29) is 12.0 Å². The number of carbonyl (C=O) groups excluding carboxylic acids is 1. The lowest BCUT2D eigenvalue weighted by Crippen LogP contribution is -2.49. The summed E-state index contributed by atoms with van der Waals surface area (Å²) in [5.74, 6) is -1.90. The monoisotopic (exact) mass is 267 g/mol. The second-order valence-corrected chi connectivity index (χ2v) is 5.18. The minimum Gasteiger partial charge on any atom is -0.481 e. The molecule has 0 bridgehead atoms. The van der Waals surface area contributed by atoms with Crippen LogP contribution in [-0.4, -0.2) is 47.7 Å². The summed E-state index contributed by atoms with van der Waals surface area (Å²) >= 11 is 0. The van der Waals surface area contributed by atoms with E-state index in [0.717, 1.165) is 6.42 Å². The van der Waals surface area contributed by atoms with Crippen LogP contribution in [0.2, 0.25) is 0 Å². The molecule has 0 aromatic heterocycles. The van der Waals surface area contributed by atoms with Crippen molar-refractivity contribution in [1.82, 2.24) is 4.90 Å². The molecule has 1 saturated heterocycles. The third kappa shape index (κ3) is 3.15. The molecule has 1 N–H and O–H groups in total. The quantitative estimate of drug-likeness (QED) is 0.782. The van der Waals surface area contributed by atoms with Crippen LogP contribution in [0.15, 0.2) is 12.2 Å². The number of hydrogen-bond acceptors (Lipinski definition) is 3. The predicted octanol–water partition coefficient (Wildman–Crippen LogP) is 1.29. The smallest absolute Gasteiger partial charge is 0.307 e. The lowest BCUT2D eigenvalue weighted by atomic mass is 9.82. The molecule has 0 saturated carbocycles. The van der Waals surface area contributed by atoms with Crippen molar-refractivity contribution in [2.75, 3.05) is 19.7 Å². The summed E-state index contributed by atoms with van der Waals surface area (Å²) in [6.45, 7) is 3.73. The van der Waals surface area contributed by atoms with E-state index in [1.54, 1.807) is 4.90 Å². The minimum absolute atomic E-state index is 0.0292. The van der Waals surface area contributed by atoms with Crippen molar-refractivity contribution < 1.29 is 19.4 Å². The molecule has 3 unspecified atom stereocenters. The molecular formula is C14H21NO4. The topological polar surface area (TPSA) is 66.8 Å². The van der Waals surface area contributed by atoms with Gasteiger partial charge in [-0.05, 0) is 19.3 Å². The number of allylic oxidation sites excluding steroid dienone is 2. The summed E-state index contributed by atoms with van der Waals surface area (Å²) < 4.78 is 5.54. The van der Waals surface area contributed by atoms with Gasteiger partial charge in [0.25, 0.3) is 0 Å². The van der Waals surface area contributed by atoms with Gasteiger partial charge < -0.3 is 14.7 Å². The van der Waals surface area contributed by atoms with E-state index in [4.69, 9.17) is 4.74 Å². The molecular weight excluding hydrogens is 246 g/mol. The van der Waals surface area contributed by atoms with Gasteiger partial charge in [-0.3, -0.25) is 9.59 Å². The highest BCUT2D eigenvalue weighted by molar-refractivity contribution is 5.85. The van der Waals surface area contributed by atoms with Crippen molar-refractivity contribution in [3.63, 3.8) is 0 Å². The Hall–Kier alpha value is -1.36. The molecule has 106 valence electrons. The number of amides is 1. The Morgan fingerprint density at radius 1 is 1.32 bits per heavy atom. The first-order valence-corrected chi connectivity index (χ1v) is 6.91. The number of hydrogen-bond donors (Lipinski definition) is 1. The van der Waals surface area contributed by atoms with E-state index in [2.05, 4.69) is 0 Å². The number of morpholine rings is 1. The molecule has 0 spiro atoms. The molecule has 5 nitrogen and oxygen atoms in total. The Morgan fingerprint density at radius 3 is 2.63 bits per heavy atom. The predicted molar refractivity (Wildman–Crippen MR) is 69.6 cm³/mol. The molecule has 2 rings (SSSR count). The first-order chi connectivity index (χ1) is 9.13. The van der Waals surface area contributed by atoms with Crippen molar-refractivity contribution in [1.29, 1.82) is 0 Å². The maximum absolute atomic E-state index is 12.5. The molecule has 5 heteroatoms. The standard InChI is InChI=1S/C14H21NO4/c1-2-10-9-15(7-8-19-10)13(16)11-5-3-4-6-12(11)14(17)18/h3-4,10-12H,2,5-9H2,1H3,(H,17,18). The summed E-state index contributed by atoms with van der Waals surface area (Å²) in [4.78, 5) is 25.5. The molecule has 2 aliphatic rings. The van der Waals surface area contributed by atoms with Crippen LogP contribution in [-0.2, 0) is 14.3 Å². The minimum atomic E-state index is -0.872. The van der Waals surface area contributed by atoms with Crippen molar-refractivity contribution in [3.8, 4) is 0 Å². The first-order valence-electron chi connectivity index (χ1n) is 6.91. The Balaban J connectivity index is 2.05. The van der Waals surface area contributed by atoms with Crippen molar-refractivity contribution in [3.05, 3.63) is 12.2 Å². The SMILES string of the molecule is CCC1CN(C(=O)C2CC=CCC2C(=O)O)CCO1. The van der Waals surface area contributed by atoms with Crippen LogP contribution >= 0.6 is 0 Å². The number of carboxylic acid groups (broad SMARTS) is 1. The molecule has 1 heterocycles. The average molecular weight is 267 g/mol. The molecule has 1 fully saturated rings. The maximum Gasteiger partial charge on any atom is 0.307 e. The highest BCUT2D eigenvalue weighted by Gasteiger charge is 2.37. The lowest BCUT2D eigenvalue weighted by molar-refractivity contribution is -0.154. The largest absolute Gasteiger partial charge is 0.481 e. The summed E-state index contributed by atoms with van der Waals surface area (Å²) in [5.41, 5.74) is 0. The van der Waals surface area contributed by atoms with Crippen LogP contribution in [0.1, 0.15) is 26.2 Å². The number of rotatable bonds is 3. The van der Waals surface area contributed by atoms with Gasteiger partial charge in [0.15, 0.2) is 0 Å². The Bertz CT molecular complexity index is 380. The van der Waals surface area contributed by atoms with Crippen LogP contribution in [0, 0.1) is 11.8 Å². The van der Waals surface area contributed by atoms with Gasteiger partial charge in [-0.25, -0.2) is 0 Å². The number of carboxylic acids is 1. The van der Waals surface area contributed by atoms with Gasteiger partial charge in [-0.2, -0.15) is 0 Å². The summed E-state index contributed by atoms with van der Waals surface area (Å²) in [5, 5.41) is 9.22. The third-order valence-corrected chi connectivity index (χ3v) is 3.97. The zero-order valence-corrected chi connectivity index (χ0v) is 11.2. The highest BCUT2D eigenvalue weighted by Crippen LogP contribution is 2.28. The fraction of sp³-hybridized carbons (Fsp3) is 0.714. The van der Waals surface area contributed by atoms with E-state index in [0.29, 0.717) is 32.5 Å². The van der Waals surface area contributed by atoms with Crippen LogP contribution in [0.25, 0.3) is 0 Å². The number of nitrogens with zero attached hydrogens (tertiary/aromatic N) is 1. The zero-order valence-electron chi connectivity index (χ0n) is 11.2. The van der Waals surface area contributed by atoms with Crippen molar-refractivity contribution >= 4 is 11.9 Å². The Kier molecular flexibility index (Phi) is 4.58. The molecule has 0 radical (unpaired) electrons. The van der Waals surface area contributed by atoms with Gasteiger partial charge in [-0.1, -0.05) is 19.1 Å². The fourth-order valence-corrected chi connectivity index (χ4v) is 2.76. The zero-order chi connectivity index (χ0) is 13.8. The van der Waals surface area contributed by atoms with Gasteiger partial charge >= 0.3 is 5.97 Å². The molecule has 1 amide bonds. The Morgan fingerprint density at radius 2 is 2.00 bits per heavy atom. The lowest BCUT2D eigenvalue weighted by Gasteiger charge is -2.36. The molecule has 0 aromatic carbocycles. The maximum atomic E-state index is 12.5. The van der Waals surface area contributed by atoms with Crippen LogP contribution in [0.5, 0.6) is 0 Å². The molecule has 0 aromatic rings. The van der Waals surface area contributed by atoms with E-state index >= 15 is 0 Å². The summed E-state index contributed by atoms with van der Waals surface area (Å²) in [6, 6.07) is 0. The van der Waals surface area contributed by atoms with Gasteiger partial charge in [0.2, 0.25) is 5.91 Å². The normalized spacial score (nSPS) is 31.2. The van der Waals surface area contributed by atoms with Gasteiger partial charge in [0.1, 0.15) is 0 Å². The second-order valence-electron chi connectivity index (χ2n) is 5.18. The van der Waals surface area contributed by atoms with Gasteiger partial charge in [0, 0.05) is 13.1 Å². The molecule has 1 aliphatic carbocycles. The van der Waals surface area contributed by atoms with E-state index in [9.17, 15) is 14.7 Å². The average Bonchev–Trinajstić information content (AvgIpc) is 2.46. The van der Waals surface area contributed by atoms with Crippen molar-refractivity contribution in [2.24, 2.45) is 11.8 Å². The summed E-state index contributed by atoms with van der Waals surface area (Å²) in [7, 11) is 0. The van der Waals surface area contributed by atoms with Gasteiger partial charge in [-0.15, -0.1) is 0 Å². The van der Waals surface area contributed by atoms with Gasteiger partial charge in [0.05, 0.1) is 24.5 Å². The van der Waals surface area contributed by atoms with Crippen molar-refractivity contribution in [2.45, 2.75) is 32.3 Å². The van der Waals surface area contributed by atoms with Crippen LogP contribution in [0.3, 0.4) is 0 Å². The molecule has 3 atom stereocenters. The Labute approximate surface area is 113 Å². The van der Waals surface area contributed by atoms with Crippen LogP contribution < -0.4 is 0 Å². The van der Waals surface area contributed by atoms with E-state index in [1.807, 2.05) is 19.1 Å². The summed E-state index contributed by atoms with van der Waals surface area (Å²) in [6.07, 6.45) is 5.71. The third-order valence-electron chi connectivity index (χ3n) is 3.97. The fourth-order valence-electron chi connectivity index (χ4n) is 2.76. The highest BCUT2D eigenvalue weighted by atomic mass is 16.5. The van der Waals surface area contributed by atoms with Crippen LogP contribution in [0.4, 0.5) is 0 Å². The second kappa shape index (κ2) is 6.19. The van der Waals surface area contributed by atoms with E-state index < -0.39 is 17.8 Å². The number of ether oxygens (including phenoxy) is 1.